The topological polar surface area (TPSA) is 119 Å². The van der Waals surface area contributed by atoms with Crippen LogP contribution >= 0.6 is 0 Å². The van der Waals surface area contributed by atoms with Crippen LogP contribution in [-0.4, -0.2) is 42.6 Å². The van der Waals surface area contributed by atoms with Crippen LogP contribution in [0.25, 0.3) is 0 Å². The van der Waals surface area contributed by atoms with Crippen LogP contribution in [0.15, 0.2) is 0 Å². The Labute approximate surface area is 105 Å². The van der Waals surface area contributed by atoms with Gasteiger partial charge in [-0.3, -0.25) is 14.4 Å². The van der Waals surface area contributed by atoms with E-state index in [-0.39, 0.29) is 18.9 Å². The number of carbonyl (C=O) groups excluding carboxylic acids is 2. The summed E-state index contributed by atoms with van der Waals surface area (Å²) in [4.78, 5) is 33.5. The fraction of sp³-hybridized carbons (Fsp3) is 0.727. The first-order valence-electron chi connectivity index (χ1n) is 5.69. The van der Waals surface area contributed by atoms with Gasteiger partial charge < -0.3 is 20.9 Å². The van der Waals surface area contributed by atoms with Crippen molar-refractivity contribution in [2.24, 2.45) is 23.5 Å². The zero-order valence-corrected chi connectivity index (χ0v) is 10.4. The smallest absolute Gasteiger partial charge is 0.309 e. The van der Waals surface area contributed by atoms with E-state index >= 15 is 0 Å². The van der Waals surface area contributed by atoms with Crippen molar-refractivity contribution in [1.82, 2.24) is 5.32 Å². The Balaban J connectivity index is 2.82. The molecule has 0 bridgehead atoms. The standard InChI is InChI=1S/C11H18N2O5/c1-5(14)13-4-8-6(11(17)18-2)3-7(9(8)12)10(15)16/h6-9H,3-4,12H2,1-2H3,(H,13,14)(H,15,16). The molecule has 0 aromatic rings. The Bertz CT molecular complexity index is 357. The minimum Gasteiger partial charge on any atom is -0.481 e. The molecule has 4 atom stereocenters. The molecule has 0 aromatic carbocycles. The number of ether oxygens (including phenoxy) is 1. The molecule has 1 aliphatic rings. The van der Waals surface area contributed by atoms with Gasteiger partial charge in [0.1, 0.15) is 0 Å². The average molecular weight is 258 g/mol. The van der Waals surface area contributed by atoms with Gasteiger partial charge in [-0.1, -0.05) is 0 Å². The van der Waals surface area contributed by atoms with Gasteiger partial charge in [0.2, 0.25) is 5.91 Å². The summed E-state index contributed by atoms with van der Waals surface area (Å²) >= 11 is 0. The van der Waals surface area contributed by atoms with Crippen molar-refractivity contribution in [3.05, 3.63) is 0 Å². The molecule has 0 aromatic heterocycles. The first-order chi connectivity index (χ1) is 8.38. The van der Waals surface area contributed by atoms with Gasteiger partial charge in [0.25, 0.3) is 0 Å². The van der Waals surface area contributed by atoms with Crippen LogP contribution in [0.4, 0.5) is 0 Å². The lowest BCUT2D eigenvalue weighted by Gasteiger charge is -2.21. The van der Waals surface area contributed by atoms with E-state index in [1.165, 1.54) is 14.0 Å². The number of nitrogens with two attached hydrogens (primary N) is 1. The zero-order valence-electron chi connectivity index (χ0n) is 10.4. The van der Waals surface area contributed by atoms with Crippen molar-refractivity contribution in [2.75, 3.05) is 13.7 Å². The molecule has 1 rings (SSSR count). The SMILES string of the molecule is COC(=O)C1CC(C(=O)O)C(N)C1CNC(C)=O. The van der Waals surface area contributed by atoms with Crippen molar-refractivity contribution in [1.29, 1.82) is 0 Å². The van der Waals surface area contributed by atoms with Crippen LogP contribution < -0.4 is 11.1 Å². The molecule has 18 heavy (non-hydrogen) atoms. The second-order valence-electron chi connectivity index (χ2n) is 4.49. The normalized spacial score (nSPS) is 30.8. The fourth-order valence-corrected chi connectivity index (χ4v) is 2.40. The van der Waals surface area contributed by atoms with Crippen LogP contribution in [0.1, 0.15) is 13.3 Å². The monoisotopic (exact) mass is 258 g/mol. The Morgan fingerprint density at radius 3 is 2.44 bits per heavy atom. The summed E-state index contributed by atoms with van der Waals surface area (Å²) in [5.74, 6) is -3.54. The van der Waals surface area contributed by atoms with E-state index in [0.29, 0.717) is 0 Å². The van der Waals surface area contributed by atoms with Gasteiger partial charge in [0.05, 0.1) is 18.9 Å². The van der Waals surface area contributed by atoms with Crippen LogP contribution in [-0.2, 0) is 19.1 Å². The maximum Gasteiger partial charge on any atom is 0.309 e. The largest absolute Gasteiger partial charge is 0.481 e. The summed E-state index contributed by atoms with van der Waals surface area (Å²) < 4.78 is 4.65. The molecule has 0 saturated heterocycles. The number of methoxy groups -OCH3 is 1. The number of carboxylic acid groups (broad SMARTS) is 1. The van der Waals surface area contributed by atoms with Gasteiger partial charge >= 0.3 is 11.9 Å². The van der Waals surface area contributed by atoms with Gasteiger partial charge in [0.15, 0.2) is 0 Å². The summed E-state index contributed by atoms with van der Waals surface area (Å²) in [6.45, 7) is 1.53. The van der Waals surface area contributed by atoms with Gasteiger partial charge in [-0.25, -0.2) is 0 Å². The maximum atomic E-state index is 11.6. The summed E-state index contributed by atoms with van der Waals surface area (Å²) in [6, 6.07) is -0.668. The molecule has 7 heteroatoms. The third-order valence-electron chi connectivity index (χ3n) is 3.39. The van der Waals surface area contributed by atoms with E-state index in [1.54, 1.807) is 0 Å². The highest BCUT2D eigenvalue weighted by atomic mass is 16.5. The van der Waals surface area contributed by atoms with Crippen LogP contribution in [0.5, 0.6) is 0 Å². The molecule has 0 spiro atoms. The summed E-state index contributed by atoms with van der Waals surface area (Å²) in [6.07, 6.45) is 0.146. The van der Waals surface area contributed by atoms with E-state index in [1.807, 2.05) is 0 Å². The molecule has 4 unspecified atom stereocenters. The van der Waals surface area contributed by atoms with Crippen LogP contribution in [0, 0.1) is 17.8 Å². The molecule has 0 radical (unpaired) electrons. The van der Waals surface area contributed by atoms with Crippen molar-refractivity contribution in [3.63, 3.8) is 0 Å². The molecule has 102 valence electrons. The molecule has 0 aliphatic heterocycles. The van der Waals surface area contributed by atoms with Crippen molar-refractivity contribution in [3.8, 4) is 0 Å². The van der Waals surface area contributed by atoms with Crippen LogP contribution in [0.2, 0.25) is 0 Å². The third kappa shape index (κ3) is 2.98. The van der Waals surface area contributed by atoms with Crippen molar-refractivity contribution in [2.45, 2.75) is 19.4 Å². The Kier molecular flexibility index (Phi) is 4.66. The first-order valence-corrected chi connectivity index (χ1v) is 5.69. The molecule has 1 saturated carbocycles. The summed E-state index contributed by atoms with van der Waals surface area (Å²) in [7, 11) is 1.25. The molecule has 1 fully saturated rings. The van der Waals surface area contributed by atoms with E-state index in [0.717, 1.165) is 0 Å². The molecule has 7 nitrogen and oxygen atoms in total. The number of carboxylic acids is 1. The molecule has 1 amide bonds. The third-order valence-corrected chi connectivity index (χ3v) is 3.39. The Morgan fingerprint density at radius 2 is 2.00 bits per heavy atom. The van der Waals surface area contributed by atoms with Gasteiger partial charge in [0, 0.05) is 25.4 Å². The highest BCUT2D eigenvalue weighted by Gasteiger charge is 2.48. The quantitative estimate of drug-likeness (QED) is 0.554. The minimum atomic E-state index is -1.03. The fourth-order valence-electron chi connectivity index (χ4n) is 2.40. The summed E-state index contributed by atoms with van der Waals surface area (Å²) in [5.41, 5.74) is 5.85. The number of rotatable bonds is 4. The predicted molar refractivity (Wildman–Crippen MR) is 61.4 cm³/mol. The number of amides is 1. The number of nitrogens with one attached hydrogen (secondary N) is 1. The first kappa shape index (κ1) is 14.4. The predicted octanol–water partition coefficient (Wildman–Crippen LogP) is -1.04. The van der Waals surface area contributed by atoms with Gasteiger partial charge in [-0.15, -0.1) is 0 Å². The van der Waals surface area contributed by atoms with Gasteiger partial charge in [-0.05, 0) is 6.42 Å². The van der Waals surface area contributed by atoms with E-state index in [2.05, 4.69) is 10.1 Å². The molecule has 1 aliphatic carbocycles. The van der Waals surface area contributed by atoms with Crippen LogP contribution in [0.3, 0.4) is 0 Å². The zero-order chi connectivity index (χ0) is 13.9. The molecule has 4 N–H and O–H groups in total. The number of hydrogen-bond acceptors (Lipinski definition) is 5. The molecular weight excluding hydrogens is 240 g/mol. The van der Waals surface area contributed by atoms with Crippen molar-refractivity contribution < 1.29 is 24.2 Å². The lowest BCUT2D eigenvalue weighted by Crippen LogP contribution is -2.43. The van der Waals surface area contributed by atoms with E-state index < -0.39 is 35.7 Å². The lowest BCUT2D eigenvalue weighted by molar-refractivity contribution is -0.147. The number of aliphatic carboxylic acids is 1. The van der Waals surface area contributed by atoms with E-state index in [9.17, 15) is 14.4 Å². The Morgan fingerprint density at radius 1 is 1.39 bits per heavy atom. The number of hydrogen-bond donors (Lipinski definition) is 3. The highest BCUT2D eigenvalue weighted by molar-refractivity contribution is 5.78. The van der Waals surface area contributed by atoms with E-state index in [4.69, 9.17) is 10.8 Å². The van der Waals surface area contributed by atoms with Crippen molar-refractivity contribution >= 4 is 17.8 Å². The second kappa shape index (κ2) is 5.81. The lowest BCUT2D eigenvalue weighted by atomic mass is 9.93. The highest BCUT2D eigenvalue weighted by Crippen LogP contribution is 2.36. The maximum absolute atomic E-state index is 11.6. The molecular formula is C11H18N2O5. The number of carbonyl (C=O) groups is 3. The average Bonchev–Trinajstić information content (AvgIpc) is 2.63. The second-order valence-corrected chi connectivity index (χ2v) is 4.49. The summed E-state index contributed by atoms with van der Waals surface area (Å²) in [5, 5.41) is 11.6. The Hall–Kier alpha value is -1.63. The van der Waals surface area contributed by atoms with Gasteiger partial charge in [-0.2, -0.15) is 0 Å². The molecule has 0 heterocycles. The number of esters is 1. The minimum absolute atomic E-state index is 0.146.